The van der Waals surface area contributed by atoms with Crippen LogP contribution in [0.1, 0.15) is 47.5 Å². The number of imidazole rings is 1. The maximum atomic E-state index is 13.5. The van der Waals surface area contributed by atoms with Crippen LogP contribution in [-0.4, -0.2) is 69.6 Å². The Morgan fingerprint density at radius 2 is 1.68 bits per heavy atom. The van der Waals surface area contributed by atoms with Crippen LogP contribution in [0.25, 0.3) is 11.2 Å². The van der Waals surface area contributed by atoms with Gasteiger partial charge in [-0.3, -0.25) is 13.6 Å². The SMILES string of the molecule is CCC1CC1(Cn1cnc2c(N)ncnc21)OCP(=O)(OCOC(=O)OC(C)C)OCOC(=O)OC(C)C. The average molecular weight is 560 g/mol. The van der Waals surface area contributed by atoms with Gasteiger partial charge in [0.15, 0.2) is 11.5 Å². The highest BCUT2D eigenvalue weighted by Gasteiger charge is 2.56. The molecule has 38 heavy (non-hydrogen) atoms. The minimum Gasteiger partial charge on any atom is -0.432 e. The quantitative estimate of drug-likeness (QED) is 0.200. The van der Waals surface area contributed by atoms with E-state index in [-0.39, 0.29) is 11.7 Å². The van der Waals surface area contributed by atoms with Crippen molar-refractivity contribution in [2.75, 3.05) is 25.7 Å². The first-order valence-corrected chi connectivity index (χ1v) is 13.8. The molecule has 0 aliphatic heterocycles. The van der Waals surface area contributed by atoms with Gasteiger partial charge in [0.2, 0.25) is 13.6 Å². The molecule has 2 atom stereocenters. The van der Waals surface area contributed by atoms with Gasteiger partial charge in [-0.25, -0.2) is 24.5 Å². The fourth-order valence-corrected chi connectivity index (χ4v) is 4.74. The van der Waals surface area contributed by atoms with E-state index in [4.69, 9.17) is 38.5 Å². The molecule has 3 rings (SSSR count). The van der Waals surface area contributed by atoms with Crippen molar-refractivity contribution >= 4 is 36.9 Å². The number of ether oxygens (including phenoxy) is 5. The number of rotatable bonds is 14. The van der Waals surface area contributed by atoms with Gasteiger partial charge in [-0.1, -0.05) is 13.3 Å². The smallest absolute Gasteiger partial charge is 0.432 e. The van der Waals surface area contributed by atoms with Crippen LogP contribution in [0.5, 0.6) is 0 Å². The number of aromatic nitrogens is 4. The van der Waals surface area contributed by atoms with Crippen molar-refractivity contribution in [3.63, 3.8) is 0 Å². The lowest BCUT2D eigenvalue weighted by Gasteiger charge is -2.24. The third-order valence-electron chi connectivity index (χ3n) is 5.56. The second-order valence-corrected chi connectivity index (χ2v) is 11.2. The van der Waals surface area contributed by atoms with Crippen LogP contribution >= 0.6 is 7.60 Å². The Hall–Kier alpha value is -3.00. The largest absolute Gasteiger partial charge is 0.510 e. The maximum Gasteiger partial charge on any atom is 0.510 e. The molecule has 212 valence electrons. The molecule has 0 saturated heterocycles. The third kappa shape index (κ3) is 8.00. The highest BCUT2D eigenvalue weighted by Crippen LogP contribution is 2.55. The van der Waals surface area contributed by atoms with E-state index in [1.54, 1.807) is 38.6 Å². The summed E-state index contributed by atoms with van der Waals surface area (Å²) in [5.74, 6) is 0.395. The van der Waals surface area contributed by atoms with Gasteiger partial charge in [0.05, 0.1) is 30.7 Å². The molecule has 0 aromatic carbocycles. The van der Waals surface area contributed by atoms with Gasteiger partial charge >= 0.3 is 19.9 Å². The van der Waals surface area contributed by atoms with Crippen LogP contribution in [0, 0.1) is 5.92 Å². The first kappa shape index (κ1) is 29.6. The van der Waals surface area contributed by atoms with Gasteiger partial charge in [-0.05, 0) is 40.0 Å². The lowest BCUT2D eigenvalue weighted by Crippen LogP contribution is -2.26. The molecule has 2 aromatic heterocycles. The van der Waals surface area contributed by atoms with Crippen molar-refractivity contribution < 1.29 is 46.9 Å². The molecule has 2 N–H and O–H groups in total. The van der Waals surface area contributed by atoms with Gasteiger partial charge in [0.25, 0.3) is 0 Å². The molecular formula is C22H34N5O10P. The second-order valence-electron chi connectivity index (χ2n) is 9.18. The number of carbonyl (C=O) groups is 2. The minimum absolute atomic E-state index is 0.141. The standard InChI is InChI=1S/C22H34N5O10P/c1-6-16-7-22(16,8-27-10-26-17-18(23)24-9-25-19(17)27)33-13-38(30,34-11-31-20(28)36-14(2)3)35-12-32-21(29)37-15(4)5/h9-10,14-16H,6-8,11-13H2,1-5H3,(H2,23,24,25). The molecule has 0 radical (unpaired) electrons. The number of carbonyl (C=O) groups excluding carboxylic acids is 2. The number of fused-ring (bicyclic) bond motifs is 1. The van der Waals surface area contributed by atoms with E-state index in [0.717, 1.165) is 6.42 Å². The highest BCUT2D eigenvalue weighted by molar-refractivity contribution is 7.53. The Kier molecular flexibility index (Phi) is 9.88. The van der Waals surface area contributed by atoms with Crippen molar-refractivity contribution in [3.05, 3.63) is 12.7 Å². The van der Waals surface area contributed by atoms with E-state index >= 15 is 0 Å². The topological polar surface area (TPSA) is 185 Å². The Bertz CT molecular complexity index is 1130. The first-order valence-electron chi connectivity index (χ1n) is 12.1. The summed E-state index contributed by atoms with van der Waals surface area (Å²) >= 11 is 0. The highest BCUT2D eigenvalue weighted by atomic mass is 31.2. The van der Waals surface area contributed by atoms with Crippen LogP contribution in [0.15, 0.2) is 12.7 Å². The summed E-state index contributed by atoms with van der Waals surface area (Å²) in [5, 5.41) is 0. The zero-order valence-corrected chi connectivity index (χ0v) is 22.9. The van der Waals surface area contributed by atoms with Crippen LogP contribution in [0.2, 0.25) is 0 Å². The normalized spacial score (nSPS) is 19.1. The summed E-state index contributed by atoms with van der Waals surface area (Å²) < 4.78 is 51.2. The lowest BCUT2D eigenvalue weighted by atomic mass is 10.2. The molecule has 16 heteroatoms. The number of hydrogen-bond donors (Lipinski definition) is 1. The molecule has 2 heterocycles. The predicted molar refractivity (Wildman–Crippen MR) is 132 cm³/mol. The van der Waals surface area contributed by atoms with E-state index in [0.29, 0.717) is 24.1 Å². The van der Waals surface area contributed by atoms with Crippen LogP contribution in [-0.2, 0) is 43.8 Å². The van der Waals surface area contributed by atoms with E-state index in [1.165, 1.54) is 6.33 Å². The Labute approximate surface area is 219 Å². The van der Waals surface area contributed by atoms with Gasteiger partial charge < -0.3 is 34.0 Å². The molecule has 1 aliphatic rings. The van der Waals surface area contributed by atoms with Crippen LogP contribution < -0.4 is 5.73 Å². The molecule has 1 saturated carbocycles. The van der Waals surface area contributed by atoms with Crippen molar-refractivity contribution in [2.45, 2.75) is 71.8 Å². The summed E-state index contributed by atoms with van der Waals surface area (Å²) in [6, 6.07) is 0. The second kappa shape index (κ2) is 12.7. The first-order chi connectivity index (χ1) is 18.0. The summed E-state index contributed by atoms with van der Waals surface area (Å²) in [6.45, 7) is 7.43. The number of nitrogens with two attached hydrogens (primary N) is 1. The molecule has 15 nitrogen and oxygen atoms in total. The molecule has 2 unspecified atom stereocenters. The number of anilines is 1. The molecule has 0 amide bonds. The van der Waals surface area contributed by atoms with Crippen LogP contribution in [0.3, 0.4) is 0 Å². The summed E-state index contributed by atoms with van der Waals surface area (Å²) in [7, 11) is -4.10. The summed E-state index contributed by atoms with van der Waals surface area (Å²) in [6.07, 6.45) is 1.01. The minimum atomic E-state index is -4.10. The van der Waals surface area contributed by atoms with Gasteiger partial charge in [-0.15, -0.1) is 0 Å². The lowest BCUT2D eigenvalue weighted by molar-refractivity contribution is -0.0408. The Morgan fingerprint density at radius 1 is 1.08 bits per heavy atom. The fourth-order valence-electron chi connectivity index (χ4n) is 3.68. The molecule has 1 aliphatic carbocycles. The van der Waals surface area contributed by atoms with E-state index < -0.39 is 57.6 Å². The van der Waals surface area contributed by atoms with Crippen molar-refractivity contribution in [1.29, 1.82) is 0 Å². The monoisotopic (exact) mass is 559 g/mol. The fraction of sp³-hybridized carbons (Fsp3) is 0.682. The van der Waals surface area contributed by atoms with E-state index in [1.807, 2.05) is 6.92 Å². The number of nitrogens with zero attached hydrogens (tertiary/aromatic N) is 4. The van der Waals surface area contributed by atoms with Crippen molar-refractivity contribution in [3.8, 4) is 0 Å². The summed E-state index contributed by atoms with van der Waals surface area (Å²) in [5.41, 5.74) is 6.16. The summed E-state index contributed by atoms with van der Waals surface area (Å²) in [4.78, 5) is 35.8. The number of hydrogen-bond acceptors (Lipinski definition) is 14. The predicted octanol–water partition coefficient (Wildman–Crippen LogP) is 3.82. The molecular weight excluding hydrogens is 525 g/mol. The number of nitrogen functional groups attached to an aromatic ring is 1. The van der Waals surface area contributed by atoms with Gasteiger partial charge in [0, 0.05) is 0 Å². The van der Waals surface area contributed by atoms with Crippen LogP contribution in [0.4, 0.5) is 15.4 Å². The Balaban J connectivity index is 1.68. The molecule has 0 spiro atoms. The van der Waals surface area contributed by atoms with E-state index in [2.05, 4.69) is 15.0 Å². The maximum absolute atomic E-state index is 13.5. The Morgan fingerprint density at radius 3 is 2.21 bits per heavy atom. The van der Waals surface area contributed by atoms with Crippen molar-refractivity contribution in [1.82, 2.24) is 19.5 Å². The van der Waals surface area contributed by atoms with Gasteiger partial charge in [-0.2, -0.15) is 0 Å². The zero-order valence-electron chi connectivity index (χ0n) is 22.0. The molecule has 0 bridgehead atoms. The third-order valence-corrected chi connectivity index (χ3v) is 7.01. The molecule has 2 aromatic rings. The molecule has 1 fully saturated rings. The van der Waals surface area contributed by atoms with Gasteiger partial charge in [0.1, 0.15) is 18.2 Å². The van der Waals surface area contributed by atoms with E-state index in [9.17, 15) is 14.2 Å². The van der Waals surface area contributed by atoms with Crippen molar-refractivity contribution in [2.24, 2.45) is 5.92 Å². The zero-order chi connectivity index (χ0) is 27.9. The average Bonchev–Trinajstić information content (AvgIpc) is 3.37.